The minimum Gasteiger partial charge on any atom is -0.308 e. The Hall–Kier alpha value is -2.67. The van der Waals surface area contributed by atoms with Gasteiger partial charge in [-0.05, 0) is 36.2 Å². The highest BCUT2D eigenvalue weighted by molar-refractivity contribution is 5.72. The molecule has 0 N–H and O–H groups in total. The monoisotopic (exact) mass is 276 g/mol. The van der Waals surface area contributed by atoms with E-state index in [0.717, 1.165) is 41.1 Å². The molecule has 21 heavy (non-hydrogen) atoms. The SMILES string of the molecule is CCc1nc2cc(C)cnc2n1Cc1ccc(C#N)cc1. The third-order valence-corrected chi connectivity index (χ3v) is 3.54. The Bertz CT molecular complexity index is 822. The number of hydrogen-bond donors (Lipinski definition) is 0. The van der Waals surface area contributed by atoms with Crippen LogP contribution in [0.1, 0.15) is 29.4 Å². The molecule has 0 spiro atoms. The number of benzene rings is 1. The zero-order valence-corrected chi connectivity index (χ0v) is 12.2. The molecule has 104 valence electrons. The van der Waals surface area contributed by atoms with Gasteiger partial charge >= 0.3 is 0 Å². The zero-order valence-electron chi connectivity index (χ0n) is 12.2. The van der Waals surface area contributed by atoms with E-state index in [4.69, 9.17) is 5.26 Å². The molecular formula is C17H16N4. The highest BCUT2D eigenvalue weighted by atomic mass is 15.1. The van der Waals surface area contributed by atoms with Crippen LogP contribution in [0.5, 0.6) is 0 Å². The summed E-state index contributed by atoms with van der Waals surface area (Å²) in [6.45, 7) is 4.85. The summed E-state index contributed by atoms with van der Waals surface area (Å²) in [7, 11) is 0. The van der Waals surface area contributed by atoms with E-state index in [2.05, 4.69) is 33.6 Å². The van der Waals surface area contributed by atoms with E-state index in [0.29, 0.717) is 5.56 Å². The van der Waals surface area contributed by atoms with Crippen molar-refractivity contribution in [2.24, 2.45) is 0 Å². The highest BCUT2D eigenvalue weighted by Gasteiger charge is 2.11. The smallest absolute Gasteiger partial charge is 0.160 e. The van der Waals surface area contributed by atoms with Crippen molar-refractivity contribution in [3.8, 4) is 6.07 Å². The Kier molecular flexibility index (Phi) is 3.41. The number of aryl methyl sites for hydroxylation is 2. The zero-order chi connectivity index (χ0) is 14.8. The lowest BCUT2D eigenvalue weighted by atomic mass is 10.1. The minimum atomic E-state index is 0.679. The van der Waals surface area contributed by atoms with Crippen molar-refractivity contribution in [1.29, 1.82) is 5.26 Å². The standard InChI is InChI=1S/C17H16N4/c1-3-16-20-15-8-12(2)10-19-17(15)21(16)11-14-6-4-13(9-18)5-7-14/h4-8,10H,3,11H2,1-2H3. The van der Waals surface area contributed by atoms with Gasteiger partial charge in [-0.15, -0.1) is 0 Å². The predicted molar refractivity (Wildman–Crippen MR) is 81.9 cm³/mol. The third-order valence-electron chi connectivity index (χ3n) is 3.54. The molecule has 0 saturated heterocycles. The third kappa shape index (κ3) is 2.50. The first-order chi connectivity index (χ1) is 10.2. The molecule has 3 aromatic rings. The molecule has 0 fully saturated rings. The molecule has 0 atom stereocenters. The van der Waals surface area contributed by atoms with Crippen molar-refractivity contribution in [1.82, 2.24) is 14.5 Å². The van der Waals surface area contributed by atoms with E-state index in [1.165, 1.54) is 0 Å². The number of nitriles is 1. The lowest BCUT2D eigenvalue weighted by Crippen LogP contribution is -2.05. The maximum Gasteiger partial charge on any atom is 0.160 e. The molecule has 2 heterocycles. The maximum atomic E-state index is 8.86. The molecule has 0 bridgehead atoms. The van der Waals surface area contributed by atoms with Crippen molar-refractivity contribution >= 4 is 11.2 Å². The lowest BCUT2D eigenvalue weighted by molar-refractivity contribution is 0.746. The van der Waals surface area contributed by atoms with E-state index in [-0.39, 0.29) is 0 Å². The summed E-state index contributed by atoms with van der Waals surface area (Å²) in [5.41, 5.74) is 4.81. The van der Waals surface area contributed by atoms with Crippen molar-refractivity contribution < 1.29 is 0 Å². The number of rotatable bonds is 3. The van der Waals surface area contributed by atoms with Crippen molar-refractivity contribution in [2.75, 3.05) is 0 Å². The van der Waals surface area contributed by atoms with Crippen LogP contribution >= 0.6 is 0 Å². The Morgan fingerprint density at radius 2 is 2.00 bits per heavy atom. The van der Waals surface area contributed by atoms with Crippen LogP contribution in [0.15, 0.2) is 36.5 Å². The van der Waals surface area contributed by atoms with Gasteiger partial charge < -0.3 is 4.57 Å². The van der Waals surface area contributed by atoms with Gasteiger partial charge in [-0.2, -0.15) is 5.26 Å². The second kappa shape index (κ2) is 5.37. The summed E-state index contributed by atoms with van der Waals surface area (Å²) in [5, 5.41) is 8.86. The van der Waals surface area contributed by atoms with Crippen LogP contribution in [0.2, 0.25) is 0 Å². The summed E-state index contributed by atoms with van der Waals surface area (Å²) in [6.07, 6.45) is 2.74. The second-order valence-corrected chi connectivity index (χ2v) is 5.13. The molecule has 0 radical (unpaired) electrons. The van der Waals surface area contributed by atoms with Gasteiger partial charge in [0, 0.05) is 12.6 Å². The van der Waals surface area contributed by atoms with Gasteiger partial charge in [0.2, 0.25) is 0 Å². The number of imidazole rings is 1. The topological polar surface area (TPSA) is 54.5 Å². The number of hydrogen-bond acceptors (Lipinski definition) is 3. The Balaban J connectivity index is 2.04. The summed E-state index contributed by atoms with van der Waals surface area (Å²) in [6, 6.07) is 11.9. The molecule has 3 rings (SSSR count). The van der Waals surface area contributed by atoms with Crippen LogP contribution < -0.4 is 0 Å². The summed E-state index contributed by atoms with van der Waals surface area (Å²) >= 11 is 0. The van der Waals surface area contributed by atoms with E-state index in [1.807, 2.05) is 37.4 Å². The molecule has 4 nitrogen and oxygen atoms in total. The van der Waals surface area contributed by atoms with E-state index >= 15 is 0 Å². The van der Waals surface area contributed by atoms with Crippen LogP contribution in [0, 0.1) is 18.3 Å². The van der Waals surface area contributed by atoms with Crippen molar-refractivity contribution in [3.05, 3.63) is 59.0 Å². The average molecular weight is 276 g/mol. The predicted octanol–water partition coefficient (Wildman–Crippen LogP) is 3.22. The van der Waals surface area contributed by atoms with Crippen molar-refractivity contribution in [2.45, 2.75) is 26.8 Å². The molecule has 0 aliphatic carbocycles. The Morgan fingerprint density at radius 1 is 1.24 bits per heavy atom. The fraction of sp³-hybridized carbons (Fsp3) is 0.235. The van der Waals surface area contributed by atoms with E-state index in [9.17, 15) is 0 Å². The normalized spacial score (nSPS) is 10.7. The lowest BCUT2D eigenvalue weighted by Gasteiger charge is -2.07. The van der Waals surface area contributed by atoms with Gasteiger partial charge in [0.25, 0.3) is 0 Å². The van der Waals surface area contributed by atoms with Crippen LogP contribution in [-0.2, 0) is 13.0 Å². The highest BCUT2D eigenvalue weighted by Crippen LogP contribution is 2.18. The number of fused-ring (bicyclic) bond motifs is 1. The number of nitrogens with zero attached hydrogens (tertiary/aromatic N) is 4. The number of pyridine rings is 1. The summed E-state index contributed by atoms with van der Waals surface area (Å²) in [5.74, 6) is 1.03. The first kappa shape index (κ1) is 13.3. The van der Waals surface area contributed by atoms with Gasteiger partial charge in [0.05, 0.1) is 18.2 Å². The molecule has 2 aromatic heterocycles. The quantitative estimate of drug-likeness (QED) is 0.738. The molecule has 4 heteroatoms. The first-order valence-electron chi connectivity index (χ1n) is 7.02. The molecule has 1 aromatic carbocycles. The Morgan fingerprint density at radius 3 is 2.67 bits per heavy atom. The molecule has 0 aliphatic rings. The molecule has 0 aliphatic heterocycles. The van der Waals surface area contributed by atoms with E-state index in [1.54, 1.807) is 0 Å². The molecular weight excluding hydrogens is 260 g/mol. The largest absolute Gasteiger partial charge is 0.308 e. The van der Waals surface area contributed by atoms with Gasteiger partial charge in [0.15, 0.2) is 5.65 Å². The summed E-state index contributed by atoms with van der Waals surface area (Å²) in [4.78, 5) is 9.20. The minimum absolute atomic E-state index is 0.679. The van der Waals surface area contributed by atoms with Crippen LogP contribution in [0.4, 0.5) is 0 Å². The first-order valence-corrected chi connectivity index (χ1v) is 7.02. The summed E-state index contributed by atoms with van der Waals surface area (Å²) < 4.78 is 2.15. The molecule has 0 amide bonds. The molecule has 0 unspecified atom stereocenters. The number of aromatic nitrogens is 3. The van der Waals surface area contributed by atoms with E-state index < -0.39 is 0 Å². The Labute approximate surface area is 123 Å². The average Bonchev–Trinajstić information content (AvgIpc) is 2.85. The fourth-order valence-corrected chi connectivity index (χ4v) is 2.46. The van der Waals surface area contributed by atoms with Crippen molar-refractivity contribution in [3.63, 3.8) is 0 Å². The maximum absolute atomic E-state index is 8.86. The van der Waals surface area contributed by atoms with Gasteiger partial charge in [0.1, 0.15) is 11.3 Å². The van der Waals surface area contributed by atoms with Gasteiger partial charge in [-0.25, -0.2) is 9.97 Å². The van der Waals surface area contributed by atoms with Crippen LogP contribution in [0.25, 0.3) is 11.2 Å². The van der Waals surface area contributed by atoms with Gasteiger partial charge in [-0.3, -0.25) is 0 Å². The fourth-order valence-electron chi connectivity index (χ4n) is 2.46. The van der Waals surface area contributed by atoms with Crippen LogP contribution in [0.3, 0.4) is 0 Å². The second-order valence-electron chi connectivity index (χ2n) is 5.13. The van der Waals surface area contributed by atoms with Crippen LogP contribution in [-0.4, -0.2) is 14.5 Å². The van der Waals surface area contributed by atoms with Gasteiger partial charge in [-0.1, -0.05) is 19.1 Å². The molecule has 0 saturated carbocycles.